The topological polar surface area (TPSA) is 46.1 Å². The Morgan fingerprint density at radius 1 is 1.20 bits per heavy atom. The number of hydrogen-bond donors (Lipinski definition) is 0. The molecule has 0 aliphatic carbocycles. The van der Waals surface area contributed by atoms with E-state index in [9.17, 15) is 4.79 Å². The lowest BCUT2D eigenvalue weighted by Crippen LogP contribution is -2.44. The molecule has 4 heteroatoms. The average Bonchev–Trinajstić information content (AvgIpc) is 2.46. The molecule has 0 spiro atoms. The fourth-order valence-electron chi connectivity index (χ4n) is 2.96. The number of piperidine rings is 1. The quantitative estimate of drug-likeness (QED) is 0.841. The van der Waals surface area contributed by atoms with E-state index in [0.717, 1.165) is 48.4 Å². The normalized spacial score (nSPS) is 19.3. The van der Waals surface area contributed by atoms with Crippen LogP contribution in [-0.2, 0) is 4.79 Å². The molecule has 0 amide bonds. The van der Waals surface area contributed by atoms with E-state index in [1.165, 1.54) is 0 Å². The molecular formula is C16H19N3O. The van der Waals surface area contributed by atoms with Crippen LogP contribution in [0, 0.1) is 6.92 Å². The van der Waals surface area contributed by atoms with Gasteiger partial charge in [-0.2, -0.15) is 0 Å². The van der Waals surface area contributed by atoms with Gasteiger partial charge in [0.2, 0.25) is 0 Å². The number of anilines is 1. The van der Waals surface area contributed by atoms with E-state index in [0.29, 0.717) is 0 Å². The molecule has 0 N–H and O–H groups in total. The third-order valence-electron chi connectivity index (χ3n) is 3.96. The molecule has 1 aromatic carbocycles. The molecule has 1 fully saturated rings. The first kappa shape index (κ1) is 13.0. The smallest absolute Gasteiger partial charge is 0.152 e. The molecular weight excluding hydrogens is 250 g/mol. The predicted octanol–water partition coefficient (Wildman–Crippen LogP) is 2.89. The van der Waals surface area contributed by atoms with Crippen molar-refractivity contribution in [3.8, 4) is 0 Å². The lowest BCUT2D eigenvalue weighted by Gasteiger charge is -2.35. The number of aromatic nitrogens is 2. The van der Waals surface area contributed by atoms with E-state index in [2.05, 4.69) is 9.88 Å². The van der Waals surface area contributed by atoms with Gasteiger partial charge in [-0.05, 0) is 45.2 Å². The van der Waals surface area contributed by atoms with Gasteiger partial charge in [-0.3, -0.25) is 4.79 Å². The molecule has 0 radical (unpaired) electrons. The summed E-state index contributed by atoms with van der Waals surface area (Å²) in [5, 5.41) is 0. The van der Waals surface area contributed by atoms with Gasteiger partial charge in [-0.15, -0.1) is 0 Å². The van der Waals surface area contributed by atoms with Gasteiger partial charge in [0, 0.05) is 6.54 Å². The van der Waals surface area contributed by atoms with E-state index >= 15 is 0 Å². The van der Waals surface area contributed by atoms with Gasteiger partial charge in [0.25, 0.3) is 0 Å². The standard InChI is InChI=1S/C16H19N3O/c1-11-16(18-14-8-4-3-7-13(14)17-11)19-10-6-5-9-15(19)12(2)20/h3-4,7-8,15H,5-6,9-10H2,1-2H3. The van der Waals surface area contributed by atoms with Crippen molar-refractivity contribution in [3.63, 3.8) is 0 Å². The second-order valence-corrected chi connectivity index (χ2v) is 5.44. The van der Waals surface area contributed by atoms with Gasteiger partial charge in [-0.25, -0.2) is 9.97 Å². The van der Waals surface area contributed by atoms with Crippen LogP contribution in [0.4, 0.5) is 5.82 Å². The second-order valence-electron chi connectivity index (χ2n) is 5.44. The van der Waals surface area contributed by atoms with E-state index in [1.807, 2.05) is 31.2 Å². The van der Waals surface area contributed by atoms with Gasteiger partial charge in [-0.1, -0.05) is 12.1 Å². The number of rotatable bonds is 2. The maximum atomic E-state index is 11.9. The molecule has 1 unspecified atom stereocenters. The zero-order chi connectivity index (χ0) is 14.1. The van der Waals surface area contributed by atoms with Crippen molar-refractivity contribution in [2.24, 2.45) is 0 Å². The Morgan fingerprint density at radius 2 is 1.90 bits per heavy atom. The monoisotopic (exact) mass is 269 g/mol. The fourth-order valence-corrected chi connectivity index (χ4v) is 2.96. The highest BCUT2D eigenvalue weighted by atomic mass is 16.1. The second kappa shape index (κ2) is 5.19. The summed E-state index contributed by atoms with van der Waals surface area (Å²) in [5.41, 5.74) is 2.70. The van der Waals surface area contributed by atoms with Gasteiger partial charge in [0.1, 0.15) is 0 Å². The third kappa shape index (κ3) is 2.26. The lowest BCUT2D eigenvalue weighted by atomic mass is 9.99. The summed E-state index contributed by atoms with van der Waals surface area (Å²) >= 11 is 0. The van der Waals surface area contributed by atoms with Crippen molar-refractivity contribution in [2.45, 2.75) is 39.2 Å². The minimum atomic E-state index is -0.0436. The number of benzene rings is 1. The SMILES string of the molecule is CC(=O)C1CCCCN1c1nc2ccccc2nc1C. The molecule has 2 heterocycles. The summed E-state index contributed by atoms with van der Waals surface area (Å²) in [4.78, 5) is 23.4. The van der Waals surface area contributed by atoms with Crippen LogP contribution in [0.1, 0.15) is 31.9 Å². The van der Waals surface area contributed by atoms with Crippen LogP contribution in [0.5, 0.6) is 0 Å². The van der Waals surface area contributed by atoms with Gasteiger partial charge < -0.3 is 4.90 Å². The number of Topliss-reactive ketones (excluding diaryl/α,β-unsaturated/α-hetero) is 1. The van der Waals surface area contributed by atoms with Crippen molar-refractivity contribution < 1.29 is 4.79 Å². The molecule has 3 rings (SSSR count). The maximum absolute atomic E-state index is 11.9. The maximum Gasteiger partial charge on any atom is 0.152 e. The first-order valence-corrected chi connectivity index (χ1v) is 7.17. The molecule has 1 aliphatic rings. The summed E-state index contributed by atoms with van der Waals surface area (Å²) in [5.74, 6) is 1.09. The summed E-state index contributed by atoms with van der Waals surface area (Å²) in [7, 11) is 0. The molecule has 0 bridgehead atoms. The van der Waals surface area contributed by atoms with Crippen molar-refractivity contribution in [1.82, 2.24) is 9.97 Å². The van der Waals surface area contributed by atoms with Crippen LogP contribution in [0.15, 0.2) is 24.3 Å². The number of nitrogens with zero attached hydrogens (tertiary/aromatic N) is 3. The van der Waals surface area contributed by atoms with E-state index in [-0.39, 0.29) is 11.8 Å². The summed E-state index contributed by atoms with van der Waals surface area (Å²) in [6.45, 7) is 4.53. The molecule has 0 saturated carbocycles. The zero-order valence-electron chi connectivity index (χ0n) is 12.0. The number of carbonyl (C=O) groups excluding carboxylic acids is 1. The molecule has 4 nitrogen and oxygen atoms in total. The van der Waals surface area contributed by atoms with Crippen LogP contribution in [0.2, 0.25) is 0 Å². The van der Waals surface area contributed by atoms with E-state index in [4.69, 9.17) is 4.98 Å². The fraction of sp³-hybridized carbons (Fsp3) is 0.438. The van der Waals surface area contributed by atoms with Crippen LogP contribution in [-0.4, -0.2) is 28.3 Å². The van der Waals surface area contributed by atoms with Crippen molar-refractivity contribution in [1.29, 1.82) is 0 Å². The molecule has 1 aromatic heterocycles. The van der Waals surface area contributed by atoms with Crippen LogP contribution >= 0.6 is 0 Å². The molecule has 104 valence electrons. The lowest BCUT2D eigenvalue weighted by molar-refractivity contribution is -0.118. The predicted molar refractivity (Wildman–Crippen MR) is 79.9 cm³/mol. The number of carbonyl (C=O) groups is 1. The molecule has 1 atom stereocenters. The third-order valence-corrected chi connectivity index (χ3v) is 3.96. The van der Waals surface area contributed by atoms with Crippen molar-refractivity contribution >= 4 is 22.6 Å². The number of hydrogen-bond acceptors (Lipinski definition) is 4. The first-order chi connectivity index (χ1) is 9.66. The minimum Gasteiger partial charge on any atom is -0.345 e. The number of aryl methyl sites for hydroxylation is 1. The van der Waals surface area contributed by atoms with Gasteiger partial charge >= 0.3 is 0 Å². The van der Waals surface area contributed by atoms with Crippen molar-refractivity contribution in [3.05, 3.63) is 30.0 Å². The molecule has 1 aliphatic heterocycles. The Balaban J connectivity index is 2.07. The van der Waals surface area contributed by atoms with E-state index in [1.54, 1.807) is 6.92 Å². The van der Waals surface area contributed by atoms with Gasteiger partial charge in [0.05, 0.1) is 22.8 Å². The van der Waals surface area contributed by atoms with Crippen molar-refractivity contribution in [2.75, 3.05) is 11.4 Å². The average molecular weight is 269 g/mol. The summed E-state index contributed by atoms with van der Waals surface area (Å²) < 4.78 is 0. The minimum absolute atomic E-state index is 0.0436. The Labute approximate surface area is 118 Å². The summed E-state index contributed by atoms with van der Waals surface area (Å²) in [6, 6.07) is 7.83. The highest BCUT2D eigenvalue weighted by molar-refractivity contribution is 5.85. The number of ketones is 1. The Hall–Kier alpha value is -1.97. The Morgan fingerprint density at radius 3 is 2.60 bits per heavy atom. The highest BCUT2D eigenvalue weighted by Crippen LogP contribution is 2.27. The molecule has 20 heavy (non-hydrogen) atoms. The summed E-state index contributed by atoms with van der Waals surface area (Å²) in [6.07, 6.45) is 3.14. The van der Waals surface area contributed by atoms with E-state index < -0.39 is 0 Å². The Kier molecular flexibility index (Phi) is 3.38. The van der Waals surface area contributed by atoms with Crippen LogP contribution < -0.4 is 4.90 Å². The number of fused-ring (bicyclic) bond motifs is 1. The largest absolute Gasteiger partial charge is 0.345 e. The highest BCUT2D eigenvalue weighted by Gasteiger charge is 2.28. The first-order valence-electron chi connectivity index (χ1n) is 7.17. The molecule has 1 saturated heterocycles. The zero-order valence-corrected chi connectivity index (χ0v) is 12.0. The van der Waals surface area contributed by atoms with Gasteiger partial charge in [0.15, 0.2) is 11.6 Å². The van der Waals surface area contributed by atoms with Crippen LogP contribution in [0.25, 0.3) is 11.0 Å². The van der Waals surface area contributed by atoms with Crippen LogP contribution in [0.3, 0.4) is 0 Å². The molecule has 2 aromatic rings. The Bertz CT molecular complexity index is 653. The number of para-hydroxylation sites is 2.